The molecule has 6 heteroatoms. The van der Waals surface area contributed by atoms with Crippen molar-refractivity contribution in [3.05, 3.63) is 11.6 Å². The Morgan fingerprint density at radius 3 is 2.45 bits per heavy atom. The van der Waals surface area contributed by atoms with Crippen molar-refractivity contribution in [3.8, 4) is 0 Å². The van der Waals surface area contributed by atoms with Crippen molar-refractivity contribution in [1.82, 2.24) is 0 Å². The molecule has 6 nitrogen and oxygen atoms in total. The molecule has 0 unspecified atom stereocenters. The van der Waals surface area contributed by atoms with Gasteiger partial charge in [-0.05, 0) is 86.0 Å². The highest BCUT2D eigenvalue weighted by Gasteiger charge is 2.68. The van der Waals surface area contributed by atoms with Crippen molar-refractivity contribution in [2.75, 3.05) is 0 Å². The predicted octanol–water partition coefficient (Wildman–Crippen LogP) is 3.50. The standard InChI is InChI=1S/C25H36O6/c1-14-11-19-17-6-5-16-12-20(27)25(30,31)13-22(16,3)18(17)7-9-23(19,4)24(14,15(2)26)10-8-21(28)29/h12,14,17-19,30-31H,5-11,13H2,1-4H3,(H,28,29)/t14-,17+,18-,19-,22-,23-,24+/m0/s1. The van der Waals surface area contributed by atoms with E-state index in [9.17, 15) is 29.7 Å². The van der Waals surface area contributed by atoms with Crippen LogP contribution in [0.15, 0.2) is 11.6 Å². The first-order chi connectivity index (χ1) is 14.3. The van der Waals surface area contributed by atoms with E-state index in [1.165, 1.54) is 6.08 Å². The monoisotopic (exact) mass is 432 g/mol. The summed E-state index contributed by atoms with van der Waals surface area (Å²) in [5, 5.41) is 30.1. The summed E-state index contributed by atoms with van der Waals surface area (Å²) in [5.74, 6) is -2.70. The molecule has 4 aliphatic carbocycles. The van der Waals surface area contributed by atoms with Crippen LogP contribution in [0.2, 0.25) is 0 Å². The van der Waals surface area contributed by atoms with Gasteiger partial charge in [-0.1, -0.05) is 26.3 Å². The average Bonchev–Trinajstić information content (AvgIpc) is 2.88. The van der Waals surface area contributed by atoms with Crippen LogP contribution in [0.25, 0.3) is 0 Å². The van der Waals surface area contributed by atoms with E-state index in [1.807, 2.05) is 0 Å². The van der Waals surface area contributed by atoms with E-state index in [0.29, 0.717) is 18.3 Å². The summed E-state index contributed by atoms with van der Waals surface area (Å²) in [7, 11) is 0. The van der Waals surface area contributed by atoms with E-state index in [4.69, 9.17) is 0 Å². The number of aliphatic hydroxyl groups is 2. The first kappa shape index (κ1) is 22.7. The van der Waals surface area contributed by atoms with Gasteiger partial charge >= 0.3 is 5.97 Å². The molecule has 0 aromatic heterocycles. The van der Waals surface area contributed by atoms with Gasteiger partial charge in [0.15, 0.2) is 0 Å². The SMILES string of the molecule is CC(=O)[C@@]1(CCC(=O)O)[C@@H](C)C[C@H]2[C@@H]3CCC4=CC(=O)C(O)(O)C[C@]4(C)[C@H]3CC[C@@]21C. The summed E-state index contributed by atoms with van der Waals surface area (Å²) in [6.07, 6.45) is 6.16. The lowest BCUT2D eigenvalue weighted by Gasteiger charge is -2.60. The van der Waals surface area contributed by atoms with Gasteiger partial charge in [0.1, 0.15) is 5.78 Å². The lowest BCUT2D eigenvalue weighted by molar-refractivity contribution is -0.200. The predicted molar refractivity (Wildman–Crippen MR) is 114 cm³/mol. The van der Waals surface area contributed by atoms with Gasteiger partial charge < -0.3 is 15.3 Å². The van der Waals surface area contributed by atoms with Gasteiger partial charge in [0, 0.05) is 18.3 Å². The maximum atomic E-state index is 13.1. The lowest BCUT2D eigenvalue weighted by atomic mass is 9.44. The molecule has 7 atom stereocenters. The van der Waals surface area contributed by atoms with E-state index in [2.05, 4.69) is 20.8 Å². The molecule has 3 fully saturated rings. The van der Waals surface area contributed by atoms with Crippen molar-refractivity contribution in [1.29, 1.82) is 0 Å². The van der Waals surface area contributed by atoms with Crippen LogP contribution in [0.5, 0.6) is 0 Å². The Bertz CT molecular complexity index is 858. The molecule has 31 heavy (non-hydrogen) atoms. The molecule has 0 heterocycles. The summed E-state index contributed by atoms with van der Waals surface area (Å²) in [4.78, 5) is 36.7. The van der Waals surface area contributed by atoms with E-state index in [0.717, 1.165) is 37.7 Å². The minimum Gasteiger partial charge on any atom is -0.481 e. The van der Waals surface area contributed by atoms with Crippen molar-refractivity contribution in [2.24, 2.45) is 39.9 Å². The van der Waals surface area contributed by atoms with Crippen molar-refractivity contribution in [3.63, 3.8) is 0 Å². The number of fused-ring (bicyclic) bond motifs is 5. The van der Waals surface area contributed by atoms with E-state index in [1.54, 1.807) is 6.92 Å². The molecule has 3 saturated carbocycles. The minimum absolute atomic E-state index is 0.00455. The number of carbonyl (C=O) groups is 3. The van der Waals surface area contributed by atoms with Crippen LogP contribution in [0.3, 0.4) is 0 Å². The molecule has 0 amide bonds. The molecular weight excluding hydrogens is 396 g/mol. The number of allylic oxidation sites excluding steroid dienone is 1. The third kappa shape index (κ3) is 2.93. The van der Waals surface area contributed by atoms with Crippen molar-refractivity contribution >= 4 is 17.5 Å². The topological polar surface area (TPSA) is 112 Å². The summed E-state index contributed by atoms with van der Waals surface area (Å²) in [6.45, 7) is 8.04. The molecule has 0 saturated heterocycles. The molecule has 0 radical (unpaired) electrons. The fourth-order valence-electron chi connectivity index (χ4n) is 8.90. The summed E-state index contributed by atoms with van der Waals surface area (Å²) in [5.41, 5.74) is -0.283. The number of carboxylic acid groups (broad SMARTS) is 1. The Labute approximate surface area is 184 Å². The van der Waals surface area contributed by atoms with Gasteiger partial charge in [-0.15, -0.1) is 0 Å². The lowest BCUT2D eigenvalue weighted by Crippen LogP contribution is -2.57. The molecule has 0 bridgehead atoms. The fourth-order valence-corrected chi connectivity index (χ4v) is 8.90. The van der Waals surface area contributed by atoms with Crippen LogP contribution in [-0.4, -0.2) is 38.6 Å². The largest absolute Gasteiger partial charge is 0.481 e. The Kier molecular flexibility index (Phi) is 5.10. The number of aliphatic carboxylic acids is 1. The number of carboxylic acids is 1. The van der Waals surface area contributed by atoms with E-state index in [-0.39, 0.29) is 35.9 Å². The zero-order valence-electron chi connectivity index (χ0n) is 19.1. The van der Waals surface area contributed by atoms with Gasteiger partial charge in [-0.25, -0.2) is 0 Å². The highest BCUT2D eigenvalue weighted by Crippen LogP contribution is 2.72. The number of hydrogen-bond donors (Lipinski definition) is 3. The molecule has 172 valence electrons. The average molecular weight is 433 g/mol. The van der Waals surface area contributed by atoms with Gasteiger partial charge in [-0.3, -0.25) is 14.4 Å². The molecular formula is C25H36O6. The van der Waals surface area contributed by atoms with Gasteiger partial charge in [-0.2, -0.15) is 0 Å². The first-order valence-electron chi connectivity index (χ1n) is 11.7. The maximum Gasteiger partial charge on any atom is 0.303 e. The van der Waals surface area contributed by atoms with Crippen LogP contribution in [-0.2, 0) is 14.4 Å². The summed E-state index contributed by atoms with van der Waals surface area (Å²) >= 11 is 0. The second kappa shape index (κ2) is 6.98. The van der Waals surface area contributed by atoms with Gasteiger partial charge in [0.2, 0.25) is 11.6 Å². The van der Waals surface area contributed by atoms with E-state index < -0.39 is 28.4 Å². The van der Waals surface area contributed by atoms with Crippen LogP contribution in [0.1, 0.15) is 79.1 Å². The first-order valence-corrected chi connectivity index (χ1v) is 11.7. The highest BCUT2D eigenvalue weighted by molar-refractivity contribution is 5.97. The van der Waals surface area contributed by atoms with Crippen molar-refractivity contribution < 1.29 is 29.7 Å². The molecule has 4 aliphatic rings. The quantitative estimate of drug-likeness (QED) is 0.586. The normalized spacial score (nSPS) is 45.9. The second-order valence-corrected chi connectivity index (χ2v) is 11.4. The van der Waals surface area contributed by atoms with E-state index >= 15 is 0 Å². The highest BCUT2D eigenvalue weighted by atomic mass is 16.5. The van der Waals surface area contributed by atoms with Crippen LogP contribution in [0.4, 0.5) is 0 Å². The molecule has 4 rings (SSSR count). The number of ketones is 2. The number of carbonyl (C=O) groups excluding carboxylic acids is 2. The van der Waals surface area contributed by atoms with Crippen LogP contribution in [0, 0.1) is 39.9 Å². The number of hydrogen-bond acceptors (Lipinski definition) is 5. The second-order valence-electron chi connectivity index (χ2n) is 11.4. The zero-order chi connectivity index (χ0) is 23.0. The molecule has 0 aromatic rings. The minimum atomic E-state index is -2.31. The van der Waals surface area contributed by atoms with Crippen molar-refractivity contribution in [2.45, 2.75) is 84.8 Å². The molecule has 0 aromatic carbocycles. The molecule has 0 aliphatic heterocycles. The van der Waals surface area contributed by atoms with Gasteiger partial charge in [0.25, 0.3) is 0 Å². The third-order valence-electron chi connectivity index (χ3n) is 10.3. The molecule has 0 spiro atoms. The Morgan fingerprint density at radius 2 is 1.84 bits per heavy atom. The van der Waals surface area contributed by atoms with Crippen LogP contribution >= 0.6 is 0 Å². The van der Waals surface area contributed by atoms with Crippen LogP contribution < -0.4 is 0 Å². The third-order valence-corrected chi connectivity index (χ3v) is 10.3. The molecule has 3 N–H and O–H groups in total. The van der Waals surface area contributed by atoms with Gasteiger partial charge in [0.05, 0.1) is 0 Å². The Balaban J connectivity index is 1.72. The summed E-state index contributed by atoms with van der Waals surface area (Å²) < 4.78 is 0. The zero-order valence-corrected chi connectivity index (χ0v) is 19.1. The number of Topliss-reactive ketones (excluding diaryl/α,β-unsaturated/α-hetero) is 1. The Hall–Kier alpha value is -1.53. The Morgan fingerprint density at radius 1 is 1.16 bits per heavy atom. The smallest absolute Gasteiger partial charge is 0.303 e. The maximum absolute atomic E-state index is 13.1. The number of rotatable bonds is 4. The summed E-state index contributed by atoms with van der Waals surface area (Å²) in [6, 6.07) is 0. The fraction of sp³-hybridized carbons (Fsp3) is 0.800.